The monoisotopic (exact) mass is 289 g/mol. The maximum Gasteiger partial charge on any atom is 0.0695 e. The van der Waals surface area contributed by atoms with Gasteiger partial charge in [0.15, 0.2) is 0 Å². The smallest absolute Gasteiger partial charge is 0.0695 e. The van der Waals surface area contributed by atoms with Crippen LogP contribution in [0.2, 0.25) is 0 Å². The Labute approximate surface area is 103 Å². The van der Waals surface area contributed by atoms with Crippen LogP contribution in [0.5, 0.6) is 0 Å². The van der Waals surface area contributed by atoms with Crippen LogP contribution in [0, 0.1) is 0 Å². The molecule has 4 heteroatoms. The van der Waals surface area contributed by atoms with Gasteiger partial charge in [0.05, 0.1) is 6.10 Å². The van der Waals surface area contributed by atoms with Gasteiger partial charge in [-0.3, -0.25) is 4.90 Å². The van der Waals surface area contributed by atoms with Gasteiger partial charge in [-0.2, -0.15) is 0 Å². The van der Waals surface area contributed by atoms with Crippen LogP contribution in [-0.4, -0.2) is 29.2 Å². The molecule has 1 fully saturated rings. The molecule has 15 heavy (non-hydrogen) atoms. The molecule has 2 rings (SSSR count). The number of thiophene rings is 1. The Morgan fingerprint density at radius 1 is 1.60 bits per heavy atom. The number of aliphatic hydroxyl groups is 1. The van der Waals surface area contributed by atoms with Gasteiger partial charge >= 0.3 is 0 Å². The average molecular weight is 290 g/mol. The lowest BCUT2D eigenvalue weighted by molar-refractivity contribution is 0.0830. The summed E-state index contributed by atoms with van der Waals surface area (Å²) in [7, 11) is 2.10. The van der Waals surface area contributed by atoms with Gasteiger partial charge in [0, 0.05) is 27.3 Å². The highest BCUT2D eigenvalue weighted by molar-refractivity contribution is 9.10. The number of hydrogen-bond donors (Lipinski definition) is 1. The molecular formula is C11H16BrNOS. The Morgan fingerprint density at radius 3 is 2.93 bits per heavy atom. The molecule has 0 bridgehead atoms. The van der Waals surface area contributed by atoms with E-state index in [-0.39, 0.29) is 6.10 Å². The summed E-state index contributed by atoms with van der Waals surface area (Å²) in [6, 6.07) is 2.51. The van der Waals surface area contributed by atoms with Crippen LogP contribution >= 0.6 is 27.3 Å². The van der Waals surface area contributed by atoms with Crippen molar-refractivity contribution in [2.24, 2.45) is 0 Å². The lowest BCUT2D eigenvalue weighted by Crippen LogP contribution is -2.36. The summed E-state index contributed by atoms with van der Waals surface area (Å²) in [6.45, 7) is 0.942. The zero-order chi connectivity index (χ0) is 10.8. The minimum atomic E-state index is -0.126. The molecule has 1 heterocycles. The molecule has 1 aromatic rings. The lowest BCUT2D eigenvalue weighted by Gasteiger charge is -2.26. The second-order valence-electron chi connectivity index (χ2n) is 4.21. The van der Waals surface area contributed by atoms with Gasteiger partial charge in [0.25, 0.3) is 0 Å². The minimum Gasteiger partial charge on any atom is -0.391 e. The fourth-order valence-corrected chi connectivity index (χ4v) is 3.75. The Morgan fingerprint density at radius 2 is 2.40 bits per heavy atom. The molecule has 0 aromatic carbocycles. The highest BCUT2D eigenvalue weighted by Gasteiger charge is 2.28. The SMILES string of the molecule is CN(Cc1cc(Br)cs1)[C@H]1CCC[C@@H]1O. The molecule has 1 saturated carbocycles. The van der Waals surface area contributed by atoms with Crippen molar-refractivity contribution in [3.8, 4) is 0 Å². The number of nitrogens with zero attached hydrogens (tertiary/aromatic N) is 1. The normalized spacial score (nSPS) is 26.4. The predicted octanol–water partition coefficient (Wildman–Crippen LogP) is 2.86. The summed E-state index contributed by atoms with van der Waals surface area (Å²) < 4.78 is 1.16. The Balaban J connectivity index is 1.94. The molecule has 2 nitrogen and oxygen atoms in total. The number of rotatable bonds is 3. The standard InChI is InChI=1S/C11H16BrNOS/c1-13(10-3-2-4-11(10)14)6-9-5-8(12)7-15-9/h5,7,10-11,14H,2-4,6H2,1H3/t10-,11-/m0/s1. The van der Waals surface area contributed by atoms with E-state index in [2.05, 4.69) is 39.3 Å². The van der Waals surface area contributed by atoms with Crippen molar-refractivity contribution in [1.82, 2.24) is 4.90 Å². The highest BCUT2D eigenvalue weighted by atomic mass is 79.9. The van der Waals surface area contributed by atoms with E-state index in [0.717, 1.165) is 30.3 Å². The molecule has 1 aliphatic carbocycles. The number of halogens is 1. The first-order chi connectivity index (χ1) is 7.16. The zero-order valence-corrected chi connectivity index (χ0v) is 11.2. The van der Waals surface area contributed by atoms with Crippen molar-refractivity contribution >= 4 is 27.3 Å². The molecule has 1 aromatic heterocycles. The van der Waals surface area contributed by atoms with Crippen molar-refractivity contribution in [3.63, 3.8) is 0 Å². The van der Waals surface area contributed by atoms with Gasteiger partial charge < -0.3 is 5.11 Å². The van der Waals surface area contributed by atoms with Crippen molar-refractivity contribution < 1.29 is 5.11 Å². The van der Waals surface area contributed by atoms with Gasteiger partial charge in [-0.1, -0.05) is 0 Å². The number of aliphatic hydroxyl groups excluding tert-OH is 1. The van der Waals surface area contributed by atoms with E-state index in [1.54, 1.807) is 11.3 Å². The van der Waals surface area contributed by atoms with Crippen LogP contribution in [0.15, 0.2) is 15.9 Å². The van der Waals surface area contributed by atoms with Crippen molar-refractivity contribution in [2.75, 3.05) is 7.05 Å². The van der Waals surface area contributed by atoms with Crippen LogP contribution in [-0.2, 0) is 6.54 Å². The third-order valence-corrected chi connectivity index (χ3v) is 4.72. The third kappa shape index (κ3) is 2.81. The van der Waals surface area contributed by atoms with Gasteiger partial charge in [0.1, 0.15) is 0 Å². The summed E-state index contributed by atoms with van der Waals surface area (Å²) in [5, 5.41) is 11.9. The van der Waals surface area contributed by atoms with E-state index < -0.39 is 0 Å². The predicted molar refractivity (Wildman–Crippen MR) is 67.1 cm³/mol. The van der Waals surface area contributed by atoms with E-state index in [9.17, 15) is 5.11 Å². The average Bonchev–Trinajstić information content (AvgIpc) is 2.75. The fraction of sp³-hybridized carbons (Fsp3) is 0.636. The molecule has 0 radical (unpaired) electrons. The molecule has 0 spiro atoms. The summed E-state index contributed by atoms with van der Waals surface area (Å²) in [5.41, 5.74) is 0. The first kappa shape index (κ1) is 11.6. The molecular weight excluding hydrogens is 274 g/mol. The highest BCUT2D eigenvalue weighted by Crippen LogP contribution is 2.26. The maximum atomic E-state index is 9.80. The molecule has 84 valence electrons. The van der Waals surface area contributed by atoms with E-state index in [0.29, 0.717) is 6.04 Å². The first-order valence-corrected chi connectivity index (χ1v) is 6.95. The van der Waals surface area contributed by atoms with E-state index >= 15 is 0 Å². The van der Waals surface area contributed by atoms with Gasteiger partial charge in [-0.15, -0.1) is 11.3 Å². The summed E-state index contributed by atoms with van der Waals surface area (Å²) in [4.78, 5) is 3.62. The fourth-order valence-electron chi connectivity index (χ4n) is 2.23. The largest absolute Gasteiger partial charge is 0.391 e. The van der Waals surface area contributed by atoms with Gasteiger partial charge in [-0.05, 0) is 48.3 Å². The summed E-state index contributed by atoms with van der Waals surface area (Å²) in [6.07, 6.45) is 3.12. The van der Waals surface area contributed by atoms with Crippen molar-refractivity contribution in [3.05, 3.63) is 20.8 Å². The van der Waals surface area contributed by atoms with Crippen LogP contribution < -0.4 is 0 Å². The topological polar surface area (TPSA) is 23.5 Å². The van der Waals surface area contributed by atoms with Gasteiger partial charge in [0.2, 0.25) is 0 Å². The molecule has 1 aliphatic rings. The van der Waals surface area contributed by atoms with E-state index in [1.807, 2.05) is 0 Å². The Kier molecular flexibility index (Phi) is 3.83. The Hall–Kier alpha value is 0.1000. The second-order valence-corrected chi connectivity index (χ2v) is 6.12. The quantitative estimate of drug-likeness (QED) is 0.925. The zero-order valence-electron chi connectivity index (χ0n) is 8.82. The van der Waals surface area contributed by atoms with Crippen LogP contribution in [0.25, 0.3) is 0 Å². The van der Waals surface area contributed by atoms with Crippen LogP contribution in [0.4, 0.5) is 0 Å². The maximum absolute atomic E-state index is 9.80. The second kappa shape index (κ2) is 4.95. The van der Waals surface area contributed by atoms with Crippen LogP contribution in [0.3, 0.4) is 0 Å². The lowest BCUT2D eigenvalue weighted by atomic mass is 10.2. The Bertz CT molecular complexity index is 328. The van der Waals surface area contributed by atoms with Crippen molar-refractivity contribution in [1.29, 1.82) is 0 Å². The third-order valence-electron chi connectivity index (χ3n) is 3.04. The molecule has 0 saturated heterocycles. The summed E-state index contributed by atoms with van der Waals surface area (Å²) >= 11 is 5.23. The molecule has 0 amide bonds. The van der Waals surface area contributed by atoms with Crippen molar-refractivity contribution in [2.45, 2.75) is 38.0 Å². The number of hydrogen-bond acceptors (Lipinski definition) is 3. The summed E-state index contributed by atoms with van der Waals surface area (Å²) in [5.74, 6) is 0. The first-order valence-electron chi connectivity index (χ1n) is 5.28. The minimum absolute atomic E-state index is 0.126. The molecule has 0 unspecified atom stereocenters. The van der Waals surface area contributed by atoms with Gasteiger partial charge in [-0.25, -0.2) is 0 Å². The molecule has 0 aliphatic heterocycles. The number of likely N-dealkylation sites (N-methyl/N-ethyl adjacent to an activating group) is 1. The molecule has 2 atom stereocenters. The van der Waals surface area contributed by atoms with Crippen LogP contribution in [0.1, 0.15) is 24.1 Å². The molecule has 1 N–H and O–H groups in total. The van der Waals surface area contributed by atoms with E-state index in [1.165, 1.54) is 4.88 Å². The van der Waals surface area contributed by atoms with E-state index in [4.69, 9.17) is 0 Å².